The summed E-state index contributed by atoms with van der Waals surface area (Å²) >= 11 is 0. The van der Waals surface area contributed by atoms with E-state index in [9.17, 15) is 14.4 Å². The van der Waals surface area contributed by atoms with Gasteiger partial charge in [0.05, 0.1) is 5.92 Å². The predicted octanol–water partition coefficient (Wildman–Crippen LogP) is 1.83. The maximum absolute atomic E-state index is 12.2. The third-order valence-electron chi connectivity index (χ3n) is 4.11. The molecule has 0 radical (unpaired) electrons. The zero-order valence-corrected chi connectivity index (χ0v) is 14.5. The van der Waals surface area contributed by atoms with Crippen LogP contribution in [0.15, 0.2) is 34.9 Å². The van der Waals surface area contributed by atoms with Crippen molar-refractivity contribution in [3.63, 3.8) is 0 Å². The van der Waals surface area contributed by atoms with Crippen LogP contribution in [0, 0.1) is 19.8 Å². The number of hydrogen-bond acceptors (Lipinski definition) is 6. The lowest BCUT2D eigenvalue weighted by Gasteiger charge is -2.18. The first-order chi connectivity index (χ1) is 12.4. The second kappa shape index (κ2) is 7.38. The SMILES string of the molecule is Cc1cc(NC(=O)COC(=O)[C@H]2CC(=O)N(c3ccccc3C)C2)no1. The van der Waals surface area contributed by atoms with Gasteiger partial charge in [-0.1, -0.05) is 23.4 Å². The average molecular weight is 357 g/mol. The number of nitrogens with one attached hydrogen (secondary N) is 1. The van der Waals surface area contributed by atoms with Crippen LogP contribution in [0.4, 0.5) is 11.5 Å². The highest BCUT2D eigenvalue weighted by Crippen LogP contribution is 2.28. The molecule has 8 nitrogen and oxygen atoms in total. The molecule has 8 heteroatoms. The second-order valence-corrected chi connectivity index (χ2v) is 6.17. The number of amides is 2. The van der Waals surface area contributed by atoms with Gasteiger partial charge in [0.1, 0.15) is 5.76 Å². The molecule has 2 amide bonds. The summed E-state index contributed by atoms with van der Waals surface area (Å²) in [6, 6.07) is 9.03. The summed E-state index contributed by atoms with van der Waals surface area (Å²) in [5.41, 5.74) is 1.74. The summed E-state index contributed by atoms with van der Waals surface area (Å²) < 4.78 is 9.87. The van der Waals surface area contributed by atoms with E-state index in [-0.39, 0.29) is 24.7 Å². The van der Waals surface area contributed by atoms with Crippen LogP contribution >= 0.6 is 0 Å². The van der Waals surface area contributed by atoms with E-state index in [4.69, 9.17) is 9.26 Å². The fourth-order valence-electron chi connectivity index (χ4n) is 2.82. The topological polar surface area (TPSA) is 102 Å². The van der Waals surface area contributed by atoms with Crippen molar-refractivity contribution in [1.82, 2.24) is 5.16 Å². The van der Waals surface area contributed by atoms with E-state index >= 15 is 0 Å². The van der Waals surface area contributed by atoms with E-state index in [1.165, 1.54) is 0 Å². The highest BCUT2D eigenvalue weighted by Gasteiger charge is 2.36. The van der Waals surface area contributed by atoms with Crippen molar-refractivity contribution in [2.24, 2.45) is 5.92 Å². The largest absolute Gasteiger partial charge is 0.455 e. The van der Waals surface area contributed by atoms with Gasteiger partial charge in [-0.25, -0.2) is 0 Å². The van der Waals surface area contributed by atoms with Crippen LogP contribution in [-0.2, 0) is 19.1 Å². The van der Waals surface area contributed by atoms with E-state index in [2.05, 4.69) is 10.5 Å². The minimum atomic E-state index is -0.593. The Morgan fingerprint density at radius 1 is 1.35 bits per heavy atom. The van der Waals surface area contributed by atoms with Crippen molar-refractivity contribution in [2.45, 2.75) is 20.3 Å². The first-order valence-electron chi connectivity index (χ1n) is 8.20. The summed E-state index contributed by atoms with van der Waals surface area (Å²) in [5, 5.41) is 6.08. The van der Waals surface area contributed by atoms with Crippen LogP contribution in [0.25, 0.3) is 0 Å². The van der Waals surface area contributed by atoms with Crippen LogP contribution in [0.3, 0.4) is 0 Å². The number of benzene rings is 1. The molecule has 1 atom stereocenters. The summed E-state index contributed by atoms with van der Waals surface area (Å²) in [6.45, 7) is 3.40. The maximum Gasteiger partial charge on any atom is 0.311 e. The molecule has 0 aliphatic carbocycles. The lowest BCUT2D eigenvalue weighted by Crippen LogP contribution is -2.28. The van der Waals surface area contributed by atoms with E-state index in [1.54, 1.807) is 17.9 Å². The lowest BCUT2D eigenvalue weighted by atomic mass is 10.1. The second-order valence-electron chi connectivity index (χ2n) is 6.17. The Bertz CT molecular complexity index is 845. The third-order valence-corrected chi connectivity index (χ3v) is 4.11. The molecule has 1 aliphatic rings. The van der Waals surface area contributed by atoms with Gasteiger partial charge in [-0.05, 0) is 25.5 Å². The summed E-state index contributed by atoms with van der Waals surface area (Å²) in [4.78, 5) is 37.8. The number of carbonyl (C=O) groups is 3. The minimum absolute atomic E-state index is 0.0667. The lowest BCUT2D eigenvalue weighted by molar-refractivity contribution is -0.151. The first-order valence-corrected chi connectivity index (χ1v) is 8.20. The minimum Gasteiger partial charge on any atom is -0.455 e. The van der Waals surface area contributed by atoms with Crippen molar-refractivity contribution in [3.8, 4) is 0 Å². The fourth-order valence-corrected chi connectivity index (χ4v) is 2.82. The van der Waals surface area contributed by atoms with Gasteiger partial charge in [0.25, 0.3) is 5.91 Å². The van der Waals surface area contributed by atoms with Crippen molar-refractivity contribution in [1.29, 1.82) is 0 Å². The number of para-hydroxylation sites is 1. The molecule has 0 saturated carbocycles. The van der Waals surface area contributed by atoms with Crippen molar-refractivity contribution >= 4 is 29.3 Å². The maximum atomic E-state index is 12.2. The number of carbonyl (C=O) groups excluding carboxylic acids is 3. The highest BCUT2D eigenvalue weighted by atomic mass is 16.5. The van der Waals surface area contributed by atoms with Crippen LogP contribution in [0.2, 0.25) is 0 Å². The van der Waals surface area contributed by atoms with Gasteiger partial charge in [-0.2, -0.15) is 0 Å². The van der Waals surface area contributed by atoms with E-state index in [0.29, 0.717) is 5.76 Å². The van der Waals surface area contributed by atoms with Crippen LogP contribution in [0.1, 0.15) is 17.7 Å². The number of nitrogens with zero attached hydrogens (tertiary/aromatic N) is 2. The molecule has 1 saturated heterocycles. The molecule has 1 fully saturated rings. The Kier molecular flexibility index (Phi) is 5.01. The Hall–Kier alpha value is -3.16. The van der Waals surface area contributed by atoms with Gasteiger partial charge in [0.2, 0.25) is 5.91 Å². The fraction of sp³-hybridized carbons (Fsp3) is 0.333. The van der Waals surface area contributed by atoms with Gasteiger partial charge in [-0.15, -0.1) is 0 Å². The Morgan fingerprint density at radius 3 is 2.81 bits per heavy atom. The first kappa shape index (κ1) is 17.7. The van der Waals surface area contributed by atoms with Crippen molar-refractivity contribution in [2.75, 3.05) is 23.4 Å². The molecule has 26 heavy (non-hydrogen) atoms. The molecule has 1 aromatic heterocycles. The molecule has 0 spiro atoms. The van der Waals surface area contributed by atoms with Gasteiger partial charge in [0, 0.05) is 24.7 Å². The standard InChI is InChI=1S/C18H19N3O5/c1-11-5-3-4-6-14(11)21-9-13(8-17(21)23)18(24)25-10-16(22)19-15-7-12(2)26-20-15/h3-7,13H,8-10H2,1-2H3,(H,19,20,22)/t13-/m0/s1. The number of aryl methyl sites for hydroxylation is 2. The van der Waals surface area contributed by atoms with Crippen LogP contribution in [0.5, 0.6) is 0 Å². The molecule has 1 N–H and O–H groups in total. The average Bonchev–Trinajstić information content (AvgIpc) is 3.19. The van der Waals surface area contributed by atoms with Gasteiger partial charge in [0.15, 0.2) is 12.4 Å². The molecule has 3 rings (SSSR count). The molecule has 0 bridgehead atoms. The Morgan fingerprint density at radius 2 is 2.12 bits per heavy atom. The predicted molar refractivity (Wildman–Crippen MR) is 92.5 cm³/mol. The van der Waals surface area contributed by atoms with E-state index in [1.807, 2.05) is 31.2 Å². The van der Waals surface area contributed by atoms with Crippen LogP contribution < -0.4 is 10.2 Å². The zero-order valence-electron chi connectivity index (χ0n) is 14.5. The highest BCUT2D eigenvalue weighted by molar-refractivity contribution is 6.00. The Labute approximate surface area is 150 Å². The summed E-state index contributed by atoms with van der Waals surface area (Å²) in [5.74, 6) is -1.01. The molecule has 1 aromatic carbocycles. The van der Waals surface area contributed by atoms with Crippen molar-refractivity contribution < 1.29 is 23.6 Å². The molecule has 0 unspecified atom stereocenters. The van der Waals surface area contributed by atoms with Crippen LogP contribution in [-0.4, -0.2) is 36.1 Å². The number of ether oxygens (including phenoxy) is 1. The third kappa shape index (κ3) is 3.90. The molecule has 1 aliphatic heterocycles. The number of anilines is 2. The van der Waals surface area contributed by atoms with Gasteiger partial charge >= 0.3 is 5.97 Å². The number of rotatable bonds is 5. The molecular formula is C18H19N3O5. The summed E-state index contributed by atoms with van der Waals surface area (Å²) in [6.07, 6.45) is 0.0667. The smallest absolute Gasteiger partial charge is 0.311 e. The Balaban J connectivity index is 1.53. The molecule has 2 aromatic rings. The summed E-state index contributed by atoms with van der Waals surface area (Å²) in [7, 11) is 0. The number of hydrogen-bond donors (Lipinski definition) is 1. The quantitative estimate of drug-likeness (QED) is 0.819. The van der Waals surface area contributed by atoms with Gasteiger partial charge in [-0.3, -0.25) is 14.4 Å². The molecule has 2 heterocycles. The van der Waals surface area contributed by atoms with E-state index < -0.39 is 24.4 Å². The normalized spacial score (nSPS) is 16.6. The molecule has 136 valence electrons. The molecular weight excluding hydrogens is 338 g/mol. The van der Waals surface area contributed by atoms with Gasteiger partial charge < -0.3 is 19.5 Å². The number of esters is 1. The number of aromatic nitrogens is 1. The van der Waals surface area contributed by atoms with E-state index in [0.717, 1.165) is 11.3 Å². The van der Waals surface area contributed by atoms with Crippen molar-refractivity contribution in [3.05, 3.63) is 41.7 Å². The zero-order chi connectivity index (χ0) is 18.7. The monoisotopic (exact) mass is 357 g/mol.